The van der Waals surface area contributed by atoms with Crippen molar-refractivity contribution in [3.63, 3.8) is 0 Å². The van der Waals surface area contributed by atoms with E-state index in [0.29, 0.717) is 12.0 Å². The van der Waals surface area contributed by atoms with E-state index in [1.54, 1.807) is 14.2 Å². The monoisotopic (exact) mass is 251 g/mol. The summed E-state index contributed by atoms with van der Waals surface area (Å²) in [7, 11) is 3.33. The summed E-state index contributed by atoms with van der Waals surface area (Å²) in [5.74, 6) is 2.26. The largest absolute Gasteiger partial charge is 0.493 e. The van der Waals surface area contributed by atoms with Crippen LogP contribution in [0.5, 0.6) is 11.5 Å². The Hall–Kier alpha value is -1.22. The fourth-order valence-corrected chi connectivity index (χ4v) is 1.87. The average molecular weight is 251 g/mol. The zero-order valence-electron chi connectivity index (χ0n) is 12.1. The summed E-state index contributed by atoms with van der Waals surface area (Å²) in [4.78, 5) is 0. The molecule has 1 rings (SSSR count). The molecule has 1 atom stereocenters. The van der Waals surface area contributed by atoms with Crippen LogP contribution in [0.3, 0.4) is 0 Å². The molecule has 0 aromatic heterocycles. The molecule has 0 radical (unpaired) electrons. The molecule has 0 fully saturated rings. The third-order valence-corrected chi connectivity index (χ3v) is 2.86. The Kier molecular flexibility index (Phi) is 5.99. The maximum atomic E-state index is 5.31. The molecule has 1 aromatic rings. The molecule has 0 aliphatic carbocycles. The Morgan fingerprint density at radius 3 is 2.28 bits per heavy atom. The van der Waals surface area contributed by atoms with Gasteiger partial charge in [-0.15, -0.1) is 0 Å². The van der Waals surface area contributed by atoms with Crippen molar-refractivity contribution in [3.8, 4) is 11.5 Å². The van der Waals surface area contributed by atoms with Crippen LogP contribution in [0.25, 0.3) is 0 Å². The van der Waals surface area contributed by atoms with Crippen molar-refractivity contribution < 1.29 is 9.47 Å². The zero-order chi connectivity index (χ0) is 13.5. The predicted molar refractivity (Wildman–Crippen MR) is 75.6 cm³/mol. The van der Waals surface area contributed by atoms with Crippen LogP contribution in [-0.4, -0.2) is 26.8 Å². The third-order valence-electron chi connectivity index (χ3n) is 2.86. The number of nitrogens with one attached hydrogen (secondary N) is 1. The summed E-state index contributed by atoms with van der Waals surface area (Å²) >= 11 is 0. The lowest BCUT2D eigenvalue weighted by atomic mass is 10.1. The Bertz CT molecular complexity index is 364. The minimum Gasteiger partial charge on any atom is -0.493 e. The van der Waals surface area contributed by atoms with E-state index in [9.17, 15) is 0 Å². The molecule has 1 unspecified atom stereocenters. The van der Waals surface area contributed by atoms with Gasteiger partial charge in [0.05, 0.1) is 14.2 Å². The van der Waals surface area contributed by atoms with Gasteiger partial charge in [0.15, 0.2) is 11.5 Å². The number of methoxy groups -OCH3 is 2. The molecular weight excluding hydrogens is 226 g/mol. The average Bonchev–Trinajstić information content (AvgIpc) is 2.36. The van der Waals surface area contributed by atoms with Crippen LogP contribution in [0.1, 0.15) is 26.3 Å². The maximum Gasteiger partial charge on any atom is 0.160 e. The van der Waals surface area contributed by atoms with Crippen molar-refractivity contribution in [2.45, 2.75) is 33.2 Å². The van der Waals surface area contributed by atoms with Gasteiger partial charge in [0.2, 0.25) is 0 Å². The standard InChI is InChI=1S/C15H25NO2/c1-11(2)10-16-12(3)8-13-6-7-14(17-4)15(9-13)18-5/h6-7,9,11-12,16H,8,10H2,1-5H3. The fourth-order valence-electron chi connectivity index (χ4n) is 1.87. The molecule has 18 heavy (non-hydrogen) atoms. The molecule has 1 N–H and O–H groups in total. The first-order chi connectivity index (χ1) is 8.56. The fraction of sp³-hybridized carbons (Fsp3) is 0.600. The van der Waals surface area contributed by atoms with Crippen LogP contribution in [0.15, 0.2) is 18.2 Å². The summed E-state index contributed by atoms with van der Waals surface area (Å²) in [6, 6.07) is 6.57. The van der Waals surface area contributed by atoms with Crippen molar-refractivity contribution in [2.75, 3.05) is 20.8 Å². The smallest absolute Gasteiger partial charge is 0.160 e. The molecule has 0 heterocycles. The summed E-state index contributed by atoms with van der Waals surface area (Å²) in [5, 5.41) is 3.52. The summed E-state index contributed by atoms with van der Waals surface area (Å²) < 4.78 is 10.5. The van der Waals surface area contributed by atoms with Gasteiger partial charge in [-0.05, 0) is 43.5 Å². The van der Waals surface area contributed by atoms with Gasteiger partial charge < -0.3 is 14.8 Å². The molecule has 1 aromatic carbocycles. The second-order valence-electron chi connectivity index (χ2n) is 5.10. The lowest BCUT2D eigenvalue weighted by molar-refractivity contribution is 0.354. The molecule has 0 saturated carbocycles. The minimum atomic E-state index is 0.463. The van der Waals surface area contributed by atoms with E-state index in [1.165, 1.54) is 5.56 Å². The molecule has 0 spiro atoms. The first kappa shape index (κ1) is 14.8. The van der Waals surface area contributed by atoms with Crippen LogP contribution in [-0.2, 0) is 6.42 Å². The normalized spacial score (nSPS) is 12.6. The van der Waals surface area contributed by atoms with Crippen LogP contribution in [0.4, 0.5) is 0 Å². The van der Waals surface area contributed by atoms with Gasteiger partial charge in [0.1, 0.15) is 0 Å². The third kappa shape index (κ3) is 4.57. The molecule has 0 saturated heterocycles. The highest BCUT2D eigenvalue weighted by molar-refractivity contribution is 5.43. The second kappa shape index (κ2) is 7.27. The molecule has 3 nitrogen and oxygen atoms in total. The highest BCUT2D eigenvalue weighted by atomic mass is 16.5. The lowest BCUT2D eigenvalue weighted by Gasteiger charge is -2.16. The molecule has 0 bridgehead atoms. The Morgan fingerprint density at radius 2 is 1.72 bits per heavy atom. The maximum absolute atomic E-state index is 5.31. The van der Waals surface area contributed by atoms with Crippen LogP contribution < -0.4 is 14.8 Å². The van der Waals surface area contributed by atoms with Crippen molar-refractivity contribution in [1.29, 1.82) is 0 Å². The SMILES string of the molecule is COc1ccc(CC(C)NCC(C)C)cc1OC. The van der Waals surface area contributed by atoms with Crippen LogP contribution >= 0.6 is 0 Å². The van der Waals surface area contributed by atoms with Crippen molar-refractivity contribution in [1.82, 2.24) is 5.32 Å². The van der Waals surface area contributed by atoms with E-state index in [4.69, 9.17) is 9.47 Å². The summed E-state index contributed by atoms with van der Waals surface area (Å²) in [5.41, 5.74) is 1.26. The predicted octanol–water partition coefficient (Wildman–Crippen LogP) is 2.88. The number of hydrogen-bond acceptors (Lipinski definition) is 3. The Balaban J connectivity index is 2.61. The Labute approximate surface area is 110 Å². The van der Waals surface area contributed by atoms with E-state index in [2.05, 4.69) is 32.2 Å². The number of benzene rings is 1. The van der Waals surface area contributed by atoms with Gasteiger partial charge in [-0.3, -0.25) is 0 Å². The molecular formula is C15H25NO2. The van der Waals surface area contributed by atoms with E-state index in [0.717, 1.165) is 24.5 Å². The number of ether oxygens (including phenoxy) is 2. The summed E-state index contributed by atoms with van der Waals surface area (Å²) in [6.07, 6.45) is 0.993. The number of rotatable bonds is 7. The van der Waals surface area contributed by atoms with Crippen molar-refractivity contribution in [2.24, 2.45) is 5.92 Å². The zero-order valence-corrected chi connectivity index (χ0v) is 12.1. The first-order valence-corrected chi connectivity index (χ1v) is 6.51. The van der Waals surface area contributed by atoms with Crippen LogP contribution in [0, 0.1) is 5.92 Å². The lowest BCUT2D eigenvalue weighted by Crippen LogP contribution is -2.31. The topological polar surface area (TPSA) is 30.5 Å². The van der Waals surface area contributed by atoms with Gasteiger partial charge in [-0.2, -0.15) is 0 Å². The summed E-state index contributed by atoms with van der Waals surface area (Å²) in [6.45, 7) is 7.69. The van der Waals surface area contributed by atoms with E-state index < -0.39 is 0 Å². The number of hydrogen-bond donors (Lipinski definition) is 1. The van der Waals surface area contributed by atoms with Crippen molar-refractivity contribution in [3.05, 3.63) is 23.8 Å². The molecule has 0 amide bonds. The molecule has 0 aliphatic heterocycles. The van der Waals surface area contributed by atoms with Crippen LogP contribution in [0.2, 0.25) is 0 Å². The Morgan fingerprint density at radius 1 is 1.06 bits per heavy atom. The van der Waals surface area contributed by atoms with E-state index >= 15 is 0 Å². The highest BCUT2D eigenvalue weighted by Gasteiger charge is 2.08. The first-order valence-electron chi connectivity index (χ1n) is 6.51. The van der Waals surface area contributed by atoms with Gasteiger partial charge in [0, 0.05) is 6.04 Å². The molecule has 0 aliphatic rings. The molecule has 102 valence electrons. The van der Waals surface area contributed by atoms with E-state index in [1.807, 2.05) is 12.1 Å². The molecule has 3 heteroatoms. The quantitative estimate of drug-likeness (QED) is 0.808. The van der Waals surface area contributed by atoms with Crippen molar-refractivity contribution >= 4 is 0 Å². The second-order valence-corrected chi connectivity index (χ2v) is 5.10. The van der Waals surface area contributed by atoms with Gasteiger partial charge >= 0.3 is 0 Å². The highest BCUT2D eigenvalue weighted by Crippen LogP contribution is 2.27. The van der Waals surface area contributed by atoms with E-state index in [-0.39, 0.29) is 0 Å². The van der Waals surface area contributed by atoms with Gasteiger partial charge in [-0.25, -0.2) is 0 Å². The minimum absolute atomic E-state index is 0.463. The van der Waals surface area contributed by atoms with Gasteiger partial charge in [0.25, 0.3) is 0 Å². The van der Waals surface area contributed by atoms with Gasteiger partial charge in [-0.1, -0.05) is 19.9 Å².